The van der Waals surface area contributed by atoms with Gasteiger partial charge in [0.25, 0.3) is 5.56 Å². The summed E-state index contributed by atoms with van der Waals surface area (Å²) in [6.45, 7) is 5.92. The highest BCUT2D eigenvalue weighted by Crippen LogP contribution is 1.94. The molecule has 0 bridgehead atoms. The second kappa shape index (κ2) is 7.14. The fourth-order valence-corrected chi connectivity index (χ4v) is 1.39. The van der Waals surface area contributed by atoms with Crippen LogP contribution in [0.4, 0.5) is 0 Å². The summed E-state index contributed by atoms with van der Waals surface area (Å²) in [7, 11) is 2.04. The van der Waals surface area contributed by atoms with Crippen molar-refractivity contribution < 1.29 is 0 Å². The molecule has 1 aromatic heterocycles. The van der Waals surface area contributed by atoms with Gasteiger partial charge in [-0.3, -0.25) is 9.69 Å². The molecule has 0 aliphatic rings. The van der Waals surface area contributed by atoms with Crippen LogP contribution in [0.5, 0.6) is 0 Å². The Morgan fingerprint density at radius 2 is 2.25 bits per heavy atom. The van der Waals surface area contributed by atoms with Gasteiger partial charge < -0.3 is 5.32 Å². The zero-order valence-corrected chi connectivity index (χ0v) is 9.99. The third-order valence-corrected chi connectivity index (χ3v) is 2.27. The molecule has 1 rings (SSSR count). The molecule has 0 radical (unpaired) electrons. The molecule has 0 fully saturated rings. The molecule has 2 N–H and O–H groups in total. The number of nitrogens with one attached hydrogen (secondary N) is 2. The summed E-state index contributed by atoms with van der Waals surface area (Å²) < 4.78 is 0. The Labute approximate surface area is 95.9 Å². The summed E-state index contributed by atoms with van der Waals surface area (Å²) in [5.41, 5.74) is 0.730. The van der Waals surface area contributed by atoms with Crippen LogP contribution < -0.4 is 10.9 Å². The van der Waals surface area contributed by atoms with Gasteiger partial charge in [-0.15, -0.1) is 0 Å². The quantitative estimate of drug-likeness (QED) is 0.650. The molecule has 0 saturated carbocycles. The minimum Gasteiger partial charge on any atom is -0.315 e. The molecule has 0 amide bonds. The normalized spacial score (nSPS) is 10.9. The molecular weight excluding hydrogens is 204 g/mol. The number of likely N-dealkylation sites (N-methyl/N-ethyl adjacent to an activating group) is 1. The molecule has 5 heteroatoms. The number of aromatic amines is 1. The summed E-state index contributed by atoms with van der Waals surface area (Å²) in [4.78, 5) is 13.0. The molecule has 0 saturated heterocycles. The van der Waals surface area contributed by atoms with Crippen LogP contribution in [0.3, 0.4) is 0 Å². The number of rotatable bonds is 7. The van der Waals surface area contributed by atoms with E-state index in [1.807, 2.05) is 7.05 Å². The fourth-order valence-electron chi connectivity index (χ4n) is 1.39. The predicted octanol–water partition coefficient (Wildman–Crippen LogP) is 0.201. The van der Waals surface area contributed by atoms with E-state index in [-0.39, 0.29) is 5.56 Å². The lowest BCUT2D eigenvalue weighted by Crippen LogP contribution is -2.29. The summed E-state index contributed by atoms with van der Waals surface area (Å²) >= 11 is 0. The Bertz CT molecular complexity index is 330. The van der Waals surface area contributed by atoms with Crippen molar-refractivity contribution in [1.82, 2.24) is 20.4 Å². The Hall–Kier alpha value is -1.20. The molecule has 16 heavy (non-hydrogen) atoms. The Morgan fingerprint density at radius 1 is 1.44 bits per heavy atom. The molecule has 90 valence electrons. The van der Waals surface area contributed by atoms with Crippen LogP contribution in [0.25, 0.3) is 0 Å². The van der Waals surface area contributed by atoms with Crippen molar-refractivity contribution in [3.05, 3.63) is 28.2 Å². The lowest BCUT2D eigenvalue weighted by atomic mass is 10.3. The topological polar surface area (TPSA) is 61.0 Å². The minimum absolute atomic E-state index is 0.156. The van der Waals surface area contributed by atoms with E-state index in [1.165, 1.54) is 6.07 Å². The summed E-state index contributed by atoms with van der Waals surface area (Å²) in [6, 6.07) is 3.26. The largest absolute Gasteiger partial charge is 0.315 e. The molecule has 0 aliphatic carbocycles. The number of hydrogen-bond acceptors (Lipinski definition) is 4. The monoisotopic (exact) mass is 224 g/mol. The molecule has 0 atom stereocenters. The minimum atomic E-state index is -0.156. The highest BCUT2D eigenvalue weighted by Gasteiger charge is 2.00. The molecule has 0 spiro atoms. The average Bonchev–Trinajstić information content (AvgIpc) is 2.28. The van der Waals surface area contributed by atoms with Gasteiger partial charge in [0.15, 0.2) is 0 Å². The van der Waals surface area contributed by atoms with Gasteiger partial charge >= 0.3 is 0 Å². The van der Waals surface area contributed by atoms with Gasteiger partial charge in [0.1, 0.15) is 0 Å². The second-order valence-corrected chi connectivity index (χ2v) is 3.90. The van der Waals surface area contributed by atoms with Crippen molar-refractivity contribution in [2.45, 2.75) is 19.9 Å². The van der Waals surface area contributed by atoms with E-state index in [4.69, 9.17) is 0 Å². The molecule has 0 aliphatic heterocycles. The summed E-state index contributed by atoms with van der Waals surface area (Å²) in [5, 5.41) is 9.74. The standard InChI is InChI=1S/C11H20N4O/c1-3-6-12-7-8-15(2)9-10-4-5-11(16)14-13-10/h4-5,12H,3,6-9H2,1-2H3,(H,14,16). The fraction of sp³-hybridized carbons (Fsp3) is 0.636. The third-order valence-electron chi connectivity index (χ3n) is 2.27. The first-order chi connectivity index (χ1) is 7.72. The van der Waals surface area contributed by atoms with E-state index in [0.717, 1.165) is 38.3 Å². The van der Waals surface area contributed by atoms with Crippen LogP contribution >= 0.6 is 0 Å². The highest BCUT2D eigenvalue weighted by molar-refractivity contribution is 4.98. The Balaban J connectivity index is 2.25. The summed E-state index contributed by atoms with van der Waals surface area (Å²) in [6.07, 6.45) is 1.16. The molecule has 1 heterocycles. The van der Waals surface area contributed by atoms with E-state index in [1.54, 1.807) is 6.07 Å². The van der Waals surface area contributed by atoms with Crippen molar-refractivity contribution in [3.8, 4) is 0 Å². The molecule has 0 aromatic carbocycles. The zero-order valence-electron chi connectivity index (χ0n) is 9.99. The van der Waals surface area contributed by atoms with E-state index in [9.17, 15) is 4.79 Å². The first kappa shape index (κ1) is 12.9. The van der Waals surface area contributed by atoms with Gasteiger partial charge in [0.2, 0.25) is 0 Å². The maximum Gasteiger partial charge on any atom is 0.264 e. The van der Waals surface area contributed by atoms with E-state index in [0.29, 0.717) is 0 Å². The van der Waals surface area contributed by atoms with Gasteiger partial charge in [-0.25, -0.2) is 5.10 Å². The van der Waals surface area contributed by atoms with Crippen LogP contribution in [0, 0.1) is 0 Å². The van der Waals surface area contributed by atoms with Gasteiger partial charge in [0, 0.05) is 25.7 Å². The first-order valence-corrected chi connectivity index (χ1v) is 5.66. The SMILES string of the molecule is CCCNCCN(C)Cc1ccc(=O)[nH]n1. The van der Waals surface area contributed by atoms with Gasteiger partial charge in [0.05, 0.1) is 5.69 Å². The molecule has 5 nitrogen and oxygen atoms in total. The first-order valence-electron chi connectivity index (χ1n) is 5.66. The lowest BCUT2D eigenvalue weighted by Gasteiger charge is -2.15. The smallest absolute Gasteiger partial charge is 0.264 e. The zero-order chi connectivity index (χ0) is 11.8. The summed E-state index contributed by atoms with van der Waals surface area (Å²) in [5.74, 6) is 0. The van der Waals surface area contributed by atoms with Crippen molar-refractivity contribution in [1.29, 1.82) is 0 Å². The molecule has 1 aromatic rings. The van der Waals surface area contributed by atoms with E-state index < -0.39 is 0 Å². The number of aromatic nitrogens is 2. The maximum absolute atomic E-state index is 10.8. The Kier molecular flexibility index (Phi) is 5.74. The molecule has 0 unspecified atom stereocenters. The number of H-pyrrole nitrogens is 1. The van der Waals surface area contributed by atoms with Crippen molar-refractivity contribution in [3.63, 3.8) is 0 Å². The Morgan fingerprint density at radius 3 is 2.88 bits per heavy atom. The van der Waals surface area contributed by atoms with Gasteiger partial charge in [-0.05, 0) is 26.1 Å². The number of hydrogen-bond donors (Lipinski definition) is 2. The average molecular weight is 224 g/mol. The van der Waals surface area contributed by atoms with Gasteiger partial charge in [-0.1, -0.05) is 6.92 Å². The maximum atomic E-state index is 10.8. The molecular formula is C11H20N4O. The third kappa shape index (κ3) is 5.04. The van der Waals surface area contributed by atoms with Crippen molar-refractivity contribution in [2.24, 2.45) is 0 Å². The van der Waals surface area contributed by atoms with Crippen molar-refractivity contribution in [2.75, 3.05) is 26.7 Å². The van der Waals surface area contributed by atoms with E-state index >= 15 is 0 Å². The van der Waals surface area contributed by atoms with Crippen LogP contribution in [-0.4, -0.2) is 41.8 Å². The van der Waals surface area contributed by atoms with Crippen LogP contribution in [-0.2, 0) is 6.54 Å². The lowest BCUT2D eigenvalue weighted by molar-refractivity contribution is 0.319. The van der Waals surface area contributed by atoms with Crippen molar-refractivity contribution >= 4 is 0 Å². The predicted molar refractivity (Wildman–Crippen MR) is 64.4 cm³/mol. The second-order valence-electron chi connectivity index (χ2n) is 3.90. The van der Waals surface area contributed by atoms with Crippen LogP contribution in [0.2, 0.25) is 0 Å². The highest BCUT2D eigenvalue weighted by atomic mass is 16.1. The van der Waals surface area contributed by atoms with E-state index in [2.05, 4.69) is 27.3 Å². The number of nitrogens with zero attached hydrogens (tertiary/aromatic N) is 2. The van der Waals surface area contributed by atoms with Crippen LogP contribution in [0.1, 0.15) is 19.0 Å². The van der Waals surface area contributed by atoms with Gasteiger partial charge in [-0.2, -0.15) is 5.10 Å². The van der Waals surface area contributed by atoms with Crippen LogP contribution in [0.15, 0.2) is 16.9 Å².